The minimum atomic E-state index is -0.558. The summed E-state index contributed by atoms with van der Waals surface area (Å²) in [6.07, 6.45) is 3.43. The predicted octanol–water partition coefficient (Wildman–Crippen LogP) is 3.14. The number of halogens is 2. The number of allylic oxidation sites excluding steroid dienone is 3. The molecular weight excluding hydrogens is 196 g/mol. The van der Waals surface area contributed by atoms with Crippen LogP contribution in [-0.2, 0) is 6.54 Å². The van der Waals surface area contributed by atoms with Gasteiger partial charge < -0.3 is 5.32 Å². The molecule has 3 heteroatoms. The van der Waals surface area contributed by atoms with Crippen LogP contribution in [0, 0.1) is 11.6 Å². The highest BCUT2D eigenvalue weighted by Gasteiger charge is 1.99. The van der Waals surface area contributed by atoms with Gasteiger partial charge in [-0.3, -0.25) is 0 Å². The molecule has 1 aromatic carbocycles. The number of benzene rings is 1. The molecule has 0 fully saturated rings. The average molecular weight is 209 g/mol. The summed E-state index contributed by atoms with van der Waals surface area (Å²) in [7, 11) is 0. The second kappa shape index (κ2) is 5.29. The summed E-state index contributed by atoms with van der Waals surface area (Å²) in [5, 5.41) is 3.01. The lowest BCUT2D eigenvalue weighted by atomic mass is 10.2. The van der Waals surface area contributed by atoms with E-state index in [4.69, 9.17) is 0 Å². The zero-order valence-electron chi connectivity index (χ0n) is 8.56. The first-order valence-electron chi connectivity index (χ1n) is 4.60. The molecule has 0 bridgehead atoms. The van der Waals surface area contributed by atoms with E-state index in [-0.39, 0.29) is 0 Å². The maximum atomic E-state index is 12.8. The second-order valence-electron chi connectivity index (χ2n) is 3.22. The zero-order valence-corrected chi connectivity index (χ0v) is 8.56. The van der Waals surface area contributed by atoms with Crippen LogP contribution >= 0.6 is 0 Å². The van der Waals surface area contributed by atoms with Crippen molar-refractivity contribution in [2.75, 3.05) is 0 Å². The molecule has 0 radical (unpaired) electrons. The molecule has 80 valence electrons. The van der Waals surface area contributed by atoms with Gasteiger partial charge in [-0.2, -0.15) is 0 Å². The highest BCUT2D eigenvalue weighted by atomic mass is 19.1. The Labute approximate surface area is 88.1 Å². The molecule has 0 spiro atoms. The summed E-state index contributed by atoms with van der Waals surface area (Å²) in [5.41, 5.74) is 1.47. The fourth-order valence-corrected chi connectivity index (χ4v) is 1.19. The van der Waals surface area contributed by atoms with Gasteiger partial charge >= 0.3 is 0 Å². The Bertz CT molecular complexity index is 363. The fraction of sp³-hybridized carbons (Fsp3) is 0.167. The lowest BCUT2D eigenvalue weighted by Gasteiger charge is -2.06. The van der Waals surface area contributed by atoms with Gasteiger partial charge in [0.2, 0.25) is 0 Å². The molecule has 1 aromatic rings. The Morgan fingerprint density at radius 2 is 1.93 bits per heavy atom. The third-order valence-electron chi connectivity index (χ3n) is 1.86. The van der Waals surface area contributed by atoms with Crippen molar-refractivity contribution in [1.29, 1.82) is 0 Å². The summed E-state index contributed by atoms with van der Waals surface area (Å²) in [6, 6.07) is 3.46. The number of nitrogens with one attached hydrogen (secondary N) is 1. The maximum absolute atomic E-state index is 12.8. The highest BCUT2D eigenvalue weighted by Crippen LogP contribution is 2.08. The van der Waals surface area contributed by atoms with Gasteiger partial charge in [0.15, 0.2) is 0 Å². The third-order valence-corrected chi connectivity index (χ3v) is 1.86. The van der Waals surface area contributed by atoms with Crippen molar-refractivity contribution < 1.29 is 8.78 Å². The van der Waals surface area contributed by atoms with E-state index in [1.54, 1.807) is 12.2 Å². The van der Waals surface area contributed by atoms with Crippen LogP contribution in [-0.4, -0.2) is 0 Å². The Balaban J connectivity index is 2.65. The summed E-state index contributed by atoms with van der Waals surface area (Å²) < 4.78 is 25.6. The molecule has 1 rings (SSSR count). The molecule has 0 aliphatic heterocycles. The SMILES string of the molecule is C=C/C=C(\C)NCc1cc(F)cc(F)c1. The molecule has 0 aliphatic rings. The molecular formula is C12H13F2N. The van der Waals surface area contributed by atoms with Gasteiger partial charge in [-0.1, -0.05) is 12.7 Å². The zero-order chi connectivity index (χ0) is 11.3. The molecule has 0 heterocycles. The fourth-order valence-electron chi connectivity index (χ4n) is 1.19. The number of rotatable bonds is 4. The Morgan fingerprint density at radius 1 is 1.33 bits per heavy atom. The van der Waals surface area contributed by atoms with Crippen molar-refractivity contribution in [3.8, 4) is 0 Å². The minimum absolute atomic E-state index is 0.394. The van der Waals surface area contributed by atoms with Crippen molar-refractivity contribution >= 4 is 0 Å². The molecule has 0 atom stereocenters. The minimum Gasteiger partial charge on any atom is -0.384 e. The molecule has 0 unspecified atom stereocenters. The van der Waals surface area contributed by atoms with Gasteiger partial charge in [0.25, 0.3) is 0 Å². The predicted molar refractivity (Wildman–Crippen MR) is 57.2 cm³/mol. The topological polar surface area (TPSA) is 12.0 Å². The van der Waals surface area contributed by atoms with Crippen LogP contribution < -0.4 is 5.32 Å². The van der Waals surface area contributed by atoms with Crippen LogP contribution in [0.25, 0.3) is 0 Å². The molecule has 15 heavy (non-hydrogen) atoms. The standard InChI is InChI=1S/C12H13F2N/c1-3-4-9(2)15-8-10-5-11(13)7-12(14)6-10/h3-7,15H,1,8H2,2H3/b9-4+. The number of hydrogen-bond acceptors (Lipinski definition) is 1. The van der Waals surface area contributed by atoms with E-state index in [0.717, 1.165) is 11.8 Å². The van der Waals surface area contributed by atoms with E-state index in [0.29, 0.717) is 12.1 Å². The first-order chi connectivity index (χ1) is 7.11. The Morgan fingerprint density at radius 3 is 2.47 bits per heavy atom. The van der Waals surface area contributed by atoms with Crippen LogP contribution in [0.5, 0.6) is 0 Å². The van der Waals surface area contributed by atoms with Gasteiger partial charge in [-0.25, -0.2) is 8.78 Å². The van der Waals surface area contributed by atoms with E-state index in [1.165, 1.54) is 12.1 Å². The Kier molecular flexibility index (Phi) is 4.03. The Hall–Kier alpha value is -1.64. The normalized spacial score (nSPS) is 11.3. The van der Waals surface area contributed by atoms with E-state index >= 15 is 0 Å². The summed E-state index contributed by atoms with van der Waals surface area (Å²) in [4.78, 5) is 0. The van der Waals surface area contributed by atoms with Crippen LogP contribution in [0.2, 0.25) is 0 Å². The summed E-state index contributed by atoms with van der Waals surface area (Å²) in [5.74, 6) is -1.12. The van der Waals surface area contributed by atoms with Crippen molar-refractivity contribution in [3.63, 3.8) is 0 Å². The van der Waals surface area contributed by atoms with Crippen LogP contribution in [0.3, 0.4) is 0 Å². The van der Waals surface area contributed by atoms with Gasteiger partial charge in [0.05, 0.1) is 0 Å². The first kappa shape index (κ1) is 11.4. The van der Waals surface area contributed by atoms with E-state index < -0.39 is 11.6 Å². The maximum Gasteiger partial charge on any atom is 0.126 e. The molecule has 0 saturated heterocycles. The lowest BCUT2D eigenvalue weighted by molar-refractivity contribution is 0.578. The molecule has 1 nitrogen and oxygen atoms in total. The molecule has 1 N–H and O–H groups in total. The third kappa shape index (κ3) is 3.94. The monoisotopic (exact) mass is 209 g/mol. The van der Waals surface area contributed by atoms with Crippen LogP contribution in [0.4, 0.5) is 8.78 Å². The second-order valence-corrected chi connectivity index (χ2v) is 3.22. The van der Waals surface area contributed by atoms with E-state index in [9.17, 15) is 8.78 Å². The first-order valence-corrected chi connectivity index (χ1v) is 4.60. The van der Waals surface area contributed by atoms with Crippen molar-refractivity contribution in [3.05, 3.63) is 59.8 Å². The van der Waals surface area contributed by atoms with Gasteiger partial charge in [-0.05, 0) is 30.7 Å². The van der Waals surface area contributed by atoms with Gasteiger partial charge in [0.1, 0.15) is 11.6 Å². The molecule has 0 aliphatic carbocycles. The average Bonchev–Trinajstić information content (AvgIpc) is 2.14. The molecule has 0 aromatic heterocycles. The molecule has 0 saturated carbocycles. The largest absolute Gasteiger partial charge is 0.384 e. The van der Waals surface area contributed by atoms with E-state index in [2.05, 4.69) is 11.9 Å². The highest BCUT2D eigenvalue weighted by molar-refractivity contribution is 5.18. The quantitative estimate of drug-likeness (QED) is 0.751. The van der Waals surface area contributed by atoms with Crippen molar-refractivity contribution in [2.45, 2.75) is 13.5 Å². The summed E-state index contributed by atoms with van der Waals surface area (Å²) in [6.45, 7) is 5.80. The van der Waals surface area contributed by atoms with Gasteiger partial charge in [-0.15, -0.1) is 0 Å². The van der Waals surface area contributed by atoms with Gasteiger partial charge in [0, 0.05) is 18.3 Å². The van der Waals surface area contributed by atoms with Crippen molar-refractivity contribution in [2.24, 2.45) is 0 Å². The van der Waals surface area contributed by atoms with E-state index in [1.807, 2.05) is 6.92 Å². The van der Waals surface area contributed by atoms with Crippen molar-refractivity contribution in [1.82, 2.24) is 5.32 Å². The van der Waals surface area contributed by atoms with Crippen LogP contribution in [0.1, 0.15) is 12.5 Å². The lowest BCUT2D eigenvalue weighted by Crippen LogP contribution is -2.10. The summed E-state index contributed by atoms with van der Waals surface area (Å²) >= 11 is 0. The smallest absolute Gasteiger partial charge is 0.126 e. The van der Waals surface area contributed by atoms with Crippen LogP contribution in [0.15, 0.2) is 42.6 Å². The number of hydrogen-bond donors (Lipinski definition) is 1. The molecule has 0 amide bonds.